The molecular formula is C17H35N. The molecule has 0 bridgehead atoms. The van der Waals surface area contributed by atoms with Crippen LogP contribution < -0.4 is 5.32 Å². The van der Waals surface area contributed by atoms with Crippen LogP contribution >= 0.6 is 0 Å². The van der Waals surface area contributed by atoms with Crippen LogP contribution in [0.3, 0.4) is 0 Å². The second-order valence-corrected chi connectivity index (χ2v) is 6.43. The molecule has 0 saturated heterocycles. The van der Waals surface area contributed by atoms with Crippen molar-refractivity contribution in [3.63, 3.8) is 0 Å². The molecule has 1 heteroatoms. The van der Waals surface area contributed by atoms with Gasteiger partial charge in [0.15, 0.2) is 0 Å². The summed E-state index contributed by atoms with van der Waals surface area (Å²) in [4.78, 5) is 0. The van der Waals surface area contributed by atoms with Gasteiger partial charge in [-0.15, -0.1) is 0 Å². The van der Waals surface area contributed by atoms with Crippen molar-refractivity contribution in [2.45, 2.75) is 91.0 Å². The third kappa shape index (κ3) is 6.22. The first kappa shape index (κ1) is 16.0. The van der Waals surface area contributed by atoms with Crippen molar-refractivity contribution >= 4 is 0 Å². The van der Waals surface area contributed by atoms with E-state index in [1.54, 1.807) is 0 Å². The van der Waals surface area contributed by atoms with E-state index in [1.165, 1.54) is 70.8 Å². The lowest BCUT2D eigenvalue weighted by Crippen LogP contribution is -2.38. The van der Waals surface area contributed by atoms with E-state index in [0.29, 0.717) is 0 Å². The number of hydrogen-bond donors (Lipinski definition) is 1. The molecule has 0 amide bonds. The van der Waals surface area contributed by atoms with Gasteiger partial charge in [0.1, 0.15) is 0 Å². The second kappa shape index (κ2) is 9.83. The van der Waals surface area contributed by atoms with E-state index in [9.17, 15) is 0 Å². The zero-order valence-corrected chi connectivity index (χ0v) is 13.0. The lowest BCUT2D eigenvalue weighted by molar-refractivity contribution is 0.219. The number of hydrogen-bond acceptors (Lipinski definition) is 1. The average Bonchev–Trinajstić information content (AvgIpc) is 2.39. The SMILES string of the molecule is CCCCCCC(NCCC)C1CCC(C)CC1. The van der Waals surface area contributed by atoms with Crippen molar-refractivity contribution in [2.75, 3.05) is 6.54 Å². The van der Waals surface area contributed by atoms with Gasteiger partial charge in [0.05, 0.1) is 0 Å². The van der Waals surface area contributed by atoms with Gasteiger partial charge in [0.2, 0.25) is 0 Å². The first-order chi connectivity index (χ1) is 8.77. The van der Waals surface area contributed by atoms with Gasteiger partial charge in [0.25, 0.3) is 0 Å². The molecule has 1 fully saturated rings. The molecular weight excluding hydrogens is 218 g/mol. The molecule has 18 heavy (non-hydrogen) atoms. The maximum atomic E-state index is 3.83. The largest absolute Gasteiger partial charge is 0.314 e. The standard InChI is InChI=1S/C17H35N/c1-4-6-7-8-9-17(18-14-5-2)16-12-10-15(3)11-13-16/h15-18H,4-14H2,1-3H3. The lowest BCUT2D eigenvalue weighted by Gasteiger charge is -2.33. The molecule has 0 aromatic heterocycles. The van der Waals surface area contributed by atoms with Crippen LogP contribution in [0.1, 0.15) is 85.0 Å². The highest BCUT2D eigenvalue weighted by molar-refractivity contribution is 4.81. The number of nitrogens with one attached hydrogen (secondary N) is 1. The van der Waals surface area contributed by atoms with Crippen LogP contribution in [-0.2, 0) is 0 Å². The molecule has 1 aliphatic carbocycles. The molecule has 1 atom stereocenters. The zero-order valence-electron chi connectivity index (χ0n) is 13.0. The summed E-state index contributed by atoms with van der Waals surface area (Å²) in [5.41, 5.74) is 0. The van der Waals surface area contributed by atoms with Gasteiger partial charge in [-0.1, -0.05) is 59.3 Å². The Bertz CT molecular complexity index is 182. The monoisotopic (exact) mass is 253 g/mol. The van der Waals surface area contributed by atoms with Crippen LogP contribution in [0.25, 0.3) is 0 Å². The van der Waals surface area contributed by atoms with E-state index in [-0.39, 0.29) is 0 Å². The van der Waals surface area contributed by atoms with Crippen molar-refractivity contribution in [3.8, 4) is 0 Å². The fraction of sp³-hybridized carbons (Fsp3) is 1.00. The summed E-state index contributed by atoms with van der Waals surface area (Å²) in [6, 6.07) is 0.814. The molecule has 0 spiro atoms. The van der Waals surface area contributed by atoms with E-state index < -0.39 is 0 Å². The third-order valence-corrected chi connectivity index (χ3v) is 4.65. The van der Waals surface area contributed by atoms with E-state index in [4.69, 9.17) is 0 Å². The summed E-state index contributed by atoms with van der Waals surface area (Å²) in [6.07, 6.45) is 14.2. The van der Waals surface area contributed by atoms with Gasteiger partial charge in [-0.25, -0.2) is 0 Å². The van der Waals surface area contributed by atoms with Crippen LogP contribution in [0, 0.1) is 11.8 Å². The average molecular weight is 253 g/mol. The van der Waals surface area contributed by atoms with Gasteiger partial charge in [-0.3, -0.25) is 0 Å². The van der Waals surface area contributed by atoms with E-state index in [1.807, 2.05) is 0 Å². The summed E-state index contributed by atoms with van der Waals surface area (Å²) in [6.45, 7) is 8.22. The molecule has 108 valence electrons. The minimum absolute atomic E-state index is 0.814. The van der Waals surface area contributed by atoms with Crippen LogP contribution in [0.4, 0.5) is 0 Å². The Morgan fingerprint density at radius 1 is 0.944 bits per heavy atom. The van der Waals surface area contributed by atoms with E-state index in [0.717, 1.165) is 17.9 Å². The van der Waals surface area contributed by atoms with Crippen molar-refractivity contribution in [3.05, 3.63) is 0 Å². The third-order valence-electron chi connectivity index (χ3n) is 4.65. The van der Waals surface area contributed by atoms with Crippen molar-refractivity contribution < 1.29 is 0 Å². The van der Waals surface area contributed by atoms with Crippen LogP contribution in [0.15, 0.2) is 0 Å². The normalized spacial score (nSPS) is 26.2. The summed E-state index contributed by atoms with van der Waals surface area (Å²) in [7, 11) is 0. The quantitative estimate of drug-likeness (QED) is 0.560. The number of rotatable bonds is 9. The minimum Gasteiger partial charge on any atom is -0.314 e. The van der Waals surface area contributed by atoms with Crippen molar-refractivity contribution in [2.24, 2.45) is 11.8 Å². The molecule has 1 aliphatic rings. The van der Waals surface area contributed by atoms with Gasteiger partial charge in [0, 0.05) is 6.04 Å². The first-order valence-corrected chi connectivity index (χ1v) is 8.51. The number of unbranched alkanes of at least 4 members (excludes halogenated alkanes) is 3. The fourth-order valence-corrected chi connectivity index (χ4v) is 3.31. The fourth-order valence-electron chi connectivity index (χ4n) is 3.31. The van der Waals surface area contributed by atoms with Gasteiger partial charge in [-0.2, -0.15) is 0 Å². The molecule has 0 radical (unpaired) electrons. The molecule has 1 unspecified atom stereocenters. The Morgan fingerprint density at radius 2 is 1.67 bits per heavy atom. The first-order valence-electron chi connectivity index (χ1n) is 8.51. The second-order valence-electron chi connectivity index (χ2n) is 6.43. The molecule has 1 saturated carbocycles. The van der Waals surface area contributed by atoms with Gasteiger partial charge >= 0.3 is 0 Å². The molecule has 1 N–H and O–H groups in total. The predicted octanol–water partition coefficient (Wildman–Crippen LogP) is 5.15. The van der Waals surface area contributed by atoms with Crippen molar-refractivity contribution in [1.82, 2.24) is 5.32 Å². The Hall–Kier alpha value is -0.0400. The molecule has 0 aromatic carbocycles. The lowest BCUT2D eigenvalue weighted by atomic mass is 9.78. The predicted molar refractivity (Wildman–Crippen MR) is 82.0 cm³/mol. The molecule has 1 nitrogen and oxygen atoms in total. The van der Waals surface area contributed by atoms with Crippen LogP contribution in [0.5, 0.6) is 0 Å². The van der Waals surface area contributed by atoms with Gasteiger partial charge in [-0.05, 0) is 44.1 Å². The Balaban J connectivity index is 2.29. The molecule has 1 rings (SSSR count). The molecule has 0 aromatic rings. The summed E-state index contributed by atoms with van der Waals surface area (Å²) < 4.78 is 0. The topological polar surface area (TPSA) is 12.0 Å². The summed E-state index contributed by atoms with van der Waals surface area (Å²) in [5.74, 6) is 1.95. The van der Waals surface area contributed by atoms with E-state index >= 15 is 0 Å². The van der Waals surface area contributed by atoms with Crippen molar-refractivity contribution in [1.29, 1.82) is 0 Å². The Labute approximate surface area is 115 Å². The highest BCUT2D eigenvalue weighted by Gasteiger charge is 2.25. The maximum Gasteiger partial charge on any atom is 0.00953 e. The van der Waals surface area contributed by atoms with Crippen LogP contribution in [0.2, 0.25) is 0 Å². The highest BCUT2D eigenvalue weighted by Crippen LogP contribution is 2.32. The molecule has 0 heterocycles. The molecule has 0 aliphatic heterocycles. The van der Waals surface area contributed by atoms with Crippen LogP contribution in [-0.4, -0.2) is 12.6 Å². The zero-order chi connectivity index (χ0) is 13.2. The maximum absolute atomic E-state index is 3.83. The van der Waals surface area contributed by atoms with E-state index in [2.05, 4.69) is 26.1 Å². The Morgan fingerprint density at radius 3 is 2.28 bits per heavy atom. The summed E-state index contributed by atoms with van der Waals surface area (Å²) >= 11 is 0. The Kier molecular flexibility index (Phi) is 8.75. The highest BCUT2D eigenvalue weighted by atomic mass is 14.9. The van der Waals surface area contributed by atoms with Gasteiger partial charge < -0.3 is 5.32 Å². The minimum atomic E-state index is 0.814. The smallest absolute Gasteiger partial charge is 0.00953 e. The summed E-state index contributed by atoms with van der Waals surface area (Å²) in [5, 5.41) is 3.83.